The molecule has 0 bridgehead atoms. The number of benzene rings is 2. The van der Waals surface area contributed by atoms with Gasteiger partial charge in [-0.2, -0.15) is 0 Å². The van der Waals surface area contributed by atoms with Crippen LogP contribution in [0.5, 0.6) is 0 Å². The fourth-order valence-corrected chi connectivity index (χ4v) is 6.64. The van der Waals surface area contributed by atoms with Crippen molar-refractivity contribution in [1.29, 1.82) is 0 Å². The van der Waals surface area contributed by atoms with E-state index in [2.05, 4.69) is 4.98 Å². The monoisotopic (exact) mass is 647 g/mol. The maximum absolute atomic E-state index is 14.0. The zero-order valence-corrected chi connectivity index (χ0v) is 26.5. The van der Waals surface area contributed by atoms with Crippen molar-refractivity contribution in [2.24, 2.45) is 5.92 Å². The fourth-order valence-electron chi connectivity index (χ4n) is 6.64. The summed E-state index contributed by atoms with van der Waals surface area (Å²) >= 11 is 0. The van der Waals surface area contributed by atoms with Crippen LogP contribution in [0.3, 0.4) is 0 Å². The summed E-state index contributed by atoms with van der Waals surface area (Å²) in [5.74, 6) is -1.06. The Kier molecular flexibility index (Phi) is 10.5. The second-order valence-corrected chi connectivity index (χ2v) is 11.8. The Morgan fingerprint density at radius 3 is 2.53 bits per heavy atom. The van der Waals surface area contributed by atoms with E-state index in [1.54, 1.807) is 33.7 Å². The first-order valence-electron chi connectivity index (χ1n) is 16.3. The second-order valence-electron chi connectivity index (χ2n) is 11.8. The standard InChI is InChI=1S/C35H41N3O9/c1-2-45-34-24(13-17-43-19-20-44-18-16-39)26(27-22-46-30-10-6-3-7-25(30)32(27)40)21-31(47-34)33(41)37-14-11-23(12-15-37)38-29-9-5-4-8-28(29)36-35(38)42/h3-10,21-24,26,34,39H,2,11-20H2,1H3,(H,36,42)/t24-,26+,34-/m1/s1. The van der Waals surface area contributed by atoms with E-state index in [-0.39, 0.29) is 48.0 Å². The third-order valence-electron chi connectivity index (χ3n) is 8.94. The van der Waals surface area contributed by atoms with E-state index in [1.807, 2.05) is 37.3 Å². The van der Waals surface area contributed by atoms with Crippen LogP contribution in [0.2, 0.25) is 0 Å². The first-order chi connectivity index (χ1) is 23.0. The smallest absolute Gasteiger partial charge is 0.326 e. The number of aliphatic hydroxyl groups excluding tert-OH is 1. The van der Waals surface area contributed by atoms with Crippen molar-refractivity contribution in [3.63, 3.8) is 0 Å². The molecule has 0 spiro atoms. The van der Waals surface area contributed by atoms with Crippen LogP contribution in [0.4, 0.5) is 0 Å². The Labute approximate surface area is 271 Å². The summed E-state index contributed by atoms with van der Waals surface area (Å²) < 4.78 is 31.1. The van der Waals surface area contributed by atoms with Crippen LogP contribution in [-0.2, 0) is 23.7 Å². The molecule has 0 aliphatic carbocycles. The molecule has 3 atom stereocenters. The van der Waals surface area contributed by atoms with Crippen LogP contribution >= 0.6 is 0 Å². The van der Waals surface area contributed by atoms with Gasteiger partial charge in [-0.15, -0.1) is 0 Å². The molecule has 2 aliphatic heterocycles. The average molecular weight is 648 g/mol. The van der Waals surface area contributed by atoms with Gasteiger partial charge in [0.15, 0.2) is 11.2 Å². The van der Waals surface area contributed by atoms with Crippen molar-refractivity contribution in [3.05, 3.63) is 92.9 Å². The lowest BCUT2D eigenvalue weighted by Gasteiger charge is -2.38. The molecule has 250 valence electrons. The molecular formula is C35H41N3O9. The number of hydrogen-bond donors (Lipinski definition) is 2. The van der Waals surface area contributed by atoms with Crippen molar-refractivity contribution in [2.75, 3.05) is 52.7 Å². The van der Waals surface area contributed by atoms with E-state index >= 15 is 0 Å². The molecule has 4 heterocycles. The van der Waals surface area contributed by atoms with E-state index in [9.17, 15) is 14.4 Å². The molecule has 0 saturated carbocycles. The molecule has 12 nitrogen and oxygen atoms in total. The highest BCUT2D eigenvalue weighted by Gasteiger charge is 2.41. The zero-order chi connectivity index (χ0) is 32.8. The number of aromatic amines is 1. The number of carbonyl (C=O) groups excluding carboxylic acids is 1. The number of para-hydroxylation sites is 3. The van der Waals surface area contributed by atoms with Crippen molar-refractivity contribution in [2.45, 2.75) is 44.4 Å². The van der Waals surface area contributed by atoms with Gasteiger partial charge in [0.05, 0.1) is 49.1 Å². The first-order valence-corrected chi connectivity index (χ1v) is 16.3. The number of nitrogens with one attached hydrogen (secondary N) is 1. The number of allylic oxidation sites excluding steroid dienone is 1. The molecule has 0 unspecified atom stereocenters. The fraction of sp³-hybridized carbons (Fsp3) is 0.457. The van der Waals surface area contributed by atoms with Gasteiger partial charge in [-0.1, -0.05) is 24.3 Å². The minimum atomic E-state index is -0.809. The molecule has 0 radical (unpaired) electrons. The molecule has 2 aromatic carbocycles. The van der Waals surface area contributed by atoms with Gasteiger partial charge < -0.3 is 38.4 Å². The van der Waals surface area contributed by atoms with Crippen LogP contribution in [0.25, 0.3) is 22.0 Å². The van der Waals surface area contributed by atoms with Crippen molar-refractivity contribution in [1.82, 2.24) is 14.5 Å². The van der Waals surface area contributed by atoms with Crippen LogP contribution < -0.4 is 11.1 Å². The highest BCUT2D eigenvalue weighted by molar-refractivity contribution is 5.92. The minimum absolute atomic E-state index is 0.0477. The third-order valence-corrected chi connectivity index (χ3v) is 8.94. The maximum Gasteiger partial charge on any atom is 0.326 e. The normalized spacial score (nSPS) is 20.4. The predicted molar refractivity (Wildman–Crippen MR) is 174 cm³/mol. The molecule has 47 heavy (non-hydrogen) atoms. The predicted octanol–water partition coefficient (Wildman–Crippen LogP) is 3.69. The van der Waals surface area contributed by atoms with E-state index in [4.69, 9.17) is 28.5 Å². The lowest BCUT2D eigenvalue weighted by atomic mass is 9.81. The van der Waals surface area contributed by atoms with Crippen LogP contribution in [0.15, 0.2) is 80.6 Å². The van der Waals surface area contributed by atoms with E-state index < -0.39 is 12.2 Å². The number of aromatic nitrogens is 2. The molecule has 1 fully saturated rings. The molecular weight excluding hydrogens is 606 g/mol. The first kappa shape index (κ1) is 32.7. The molecule has 4 aromatic rings. The van der Waals surface area contributed by atoms with Gasteiger partial charge in [0.1, 0.15) is 5.58 Å². The summed E-state index contributed by atoms with van der Waals surface area (Å²) in [6, 6.07) is 14.6. The van der Waals surface area contributed by atoms with Gasteiger partial charge in [-0.25, -0.2) is 4.79 Å². The molecule has 1 saturated heterocycles. The summed E-state index contributed by atoms with van der Waals surface area (Å²) in [5.41, 5.74) is 2.21. The number of carbonyl (C=O) groups is 1. The van der Waals surface area contributed by atoms with Crippen molar-refractivity contribution >= 4 is 27.9 Å². The number of likely N-dealkylation sites (tertiary alicyclic amines) is 1. The number of hydrogen-bond acceptors (Lipinski definition) is 9. The Morgan fingerprint density at radius 2 is 1.74 bits per heavy atom. The summed E-state index contributed by atoms with van der Waals surface area (Å²) in [4.78, 5) is 45.2. The lowest BCUT2D eigenvalue weighted by molar-refractivity contribution is -0.172. The van der Waals surface area contributed by atoms with E-state index in [0.717, 1.165) is 11.0 Å². The topological polar surface area (TPSA) is 145 Å². The van der Waals surface area contributed by atoms with Gasteiger partial charge in [-0.3, -0.25) is 14.2 Å². The number of piperidine rings is 1. The highest BCUT2D eigenvalue weighted by Crippen LogP contribution is 2.39. The average Bonchev–Trinajstić information content (AvgIpc) is 3.44. The number of ether oxygens (including phenoxy) is 4. The molecule has 12 heteroatoms. The number of rotatable bonds is 13. The Hall–Kier alpha value is -4.23. The lowest BCUT2D eigenvalue weighted by Crippen LogP contribution is -2.44. The number of fused-ring (bicyclic) bond motifs is 2. The number of aliphatic hydroxyl groups is 1. The van der Waals surface area contributed by atoms with Crippen molar-refractivity contribution < 1.29 is 33.3 Å². The number of H-pyrrole nitrogens is 1. The molecule has 2 aliphatic rings. The van der Waals surface area contributed by atoms with Crippen LogP contribution in [-0.4, -0.2) is 84.5 Å². The van der Waals surface area contributed by atoms with Crippen LogP contribution in [0.1, 0.15) is 43.7 Å². The second kappa shape index (κ2) is 15.1. The molecule has 6 rings (SSSR count). The van der Waals surface area contributed by atoms with Gasteiger partial charge in [-0.05, 0) is 56.5 Å². The van der Waals surface area contributed by atoms with E-state index in [1.165, 1.54) is 6.26 Å². The summed E-state index contributed by atoms with van der Waals surface area (Å²) in [6.07, 6.45) is 4.08. The number of imidazole rings is 1. The zero-order valence-electron chi connectivity index (χ0n) is 26.5. The maximum atomic E-state index is 14.0. The van der Waals surface area contributed by atoms with Crippen molar-refractivity contribution in [3.8, 4) is 0 Å². The number of amides is 1. The third kappa shape index (κ3) is 7.05. The SMILES string of the molecule is CCO[C@@H]1OC(C(=O)N2CCC(n3c(=O)[nH]c4ccccc43)CC2)=C[C@H](c2coc3ccccc3c2=O)[C@H]1CCOCCOCCO. The summed E-state index contributed by atoms with van der Waals surface area (Å²) in [7, 11) is 0. The Morgan fingerprint density at radius 1 is 1.00 bits per heavy atom. The molecule has 2 aromatic heterocycles. The quantitative estimate of drug-likeness (QED) is 0.208. The van der Waals surface area contributed by atoms with Gasteiger partial charge in [0, 0.05) is 49.7 Å². The highest BCUT2D eigenvalue weighted by atomic mass is 16.7. The van der Waals surface area contributed by atoms with Gasteiger partial charge >= 0.3 is 5.69 Å². The van der Waals surface area contributed by atoms with E-state index in [0.29, 0.717) is 75.3 Å². The Balaban J connectivity index is 1.24. The summed E-state index contributed by atoms with van der Waals surface area (Å²) in [6.45, 7) is 4.28. The van der Waals surface area contributed by atoms with Crippen LogP contribution in [0, 0.1) is 5.92 Å². The van der Waals surface area contributed by atoms with Gasteiger partial charge in [0.2, 0.25) is 6.29 Å². The molecule has 2 N–H and O–H groups in total. The van der Waals surface area contributed by atoms with Gasteiger partial charge in [0.25, 0.3) is 5.91 Å². The largest absolute Gasteiger partial charge is 0.464 e. The Bertz CT molecular complexity index is 1820. The molecule has 1 amide bonds. The minimum Gasteiger partial charge on any atom is -0.464 e. The number of nitrogens with zero attached hydrogens (tertiary/aromatic N) is 2. The summed E-state index contributed by atoms with van der Waals surface area (Å²) in [5, 5.41) is 9.37.